The summed E-state index contributed by atoms with van der Waals surface area (Å²) in [7, 11) is 0. The van der Waals surface area contributed by atoms with Gasteiger partial charge in [0.15, 0.2) is 0 Å². The molecule has 0 aliphatic carbocycles. The minimum atomic E-state index is -0.592. The molecule has 0 saturated carbocycles. The Labute approximate surface area is 141 Å². The minimum Gasteiger partial charge on any atom is -0.369 e. The van der Waals surface area contributed by atoms with Gasteiger partial charge in [-0.1, -0.05) is 17.7 Å². The van der Waals surface area contributed by atoms with Gasteiger partial charge >= 0.3 is 0 Å². The van der Waals surface area contributed by atoms with E-state index in [4.69, 9.17) is 17.3 Å². The van der Waals surface area contributed by atoms with Crippen LogP contribution in [0.25, 0.3) is 5.69 Å². The molecule has 0 fully saturated rings. The summed E-state index contributed by atoms with van der Waals surface area (Å²) in [6, 6.07) is 7.63. The Hall–Kier alpha value is -1.85. The summed E-state index contributed by atoms with van der Waals surface area (Å²) in [5.74, 6) is -0.316. The number of nitrogens with one attached hydrogen (secondary N) is 1. The minimum absolute atomic E-state index is 0.0570. The molecule has 1 atom stereocenters. The van der Waals surface area contributed by atoms with E-state index in [9.17, 15) is 4.79 Å². The van der Waals surface area contributed by atoms with Crippen LogP contribution in [0.5, 0.6) is 0 Å². The normalized spacial score (nSPS) is 13.1. The van der Waals surface area contributed by atoms with Crippen molar-refractivity contribution in [2.45, 2.75) is 33.7 Å². The third-order valence-electron chi connectivity index (χ3n) is 4.08. The van der Waals surface area contributed by atoms with Gasteiger partial charge in [-0.25, -0.2) is 4.68 Å². The zero-order valence-electron chi connectivity index (χ0n) is 13.9. The molecule has 1 aromatic heterocycles. The van der Waals surface area contributed by atoms with Crippen LogP contribution in [0.15, 0.2) is 30.5 Å². The highest BCUT2D eigenvalue weighted by atomic mass is 35.5. The maximum atomic E-state index is 11.4. The van der Waals surface area contributed by atoms with Gasteiger partial charge in [-0.2, -0.15) is 5.10 Å². The number of amides is 1. The third kappa shape index (κ3) is 3.92. The van der Waals surface area contributed by atoms with E-state index in [1.165, 1.54) is 0 Å². The van der Waals surface area contributed by atoms with E-state index in [0.29, 0.717) is 11.6 Å². The first-order valence-electron chi connectivity index (χ1n) is 7.56. The number of hydrogen-bond acceptors (Lipinski definition) is 3. The van der Waals surface area contributed by atoms with Crippen LogP contribution >= 0.6 is 11.6 Å². The molecular weight excluding hydrogens is 312 g/mol. The van der Waals surface area contributed by atoms with Gasteiger partial charge in [0.2, 0.25) is 5.91 Å². The van der Waals surface area contributed by atoms with Gasteiger partial charge in [0.1, 0.15) is 0 Å². The topological polar surface area (TPSA) is 72.9 Å². The SMILES string of the molecule is Cc1c(C(C)NCC(C)(C)C(N)=O)cnn1-c1cccc(Cl)c1. The smallest absolute Gasteiger partial charge is 0.224 e. The molecule has 0 bridgehead atoms. The third-order valence-corrected chi connectivity index (χ3v) is 4.32. The van der Waals surface area contributed by atoms with Crippen LogP contribution in [0.1, 0.15) is 38.1 Å². The molecule has 124 valence electrons. The Balaban J connectivity index is 2.17. The van der Waals surface area contributed by atoms with Gasteiger partial charge in [-0.15, -0.1) is 0 Å². The molecule has 2 aromatic rings. The number of benzene rings is 1. The molecule has 1 amide bonds. The van der Waals surface area contributed by atoms with Crippen molar-refractivity contribution >= 4 is 17.5 Å². The number of nitrogens with two attached hydrogens (primary N) is 1. The first-order chi connectivity index (χ1) is 10.7. The molecule has 2 rings (SSSR count). The quantitative estimate of drug-likeness (QED) is 0.853. The Morgan fingerprint density at radius 3 is 2.78 bits per heavy atom. The molecule has 0 radical (unpaired) electrons. The molecule has 6 heteroatoms. The maximum Gasteiger partial charge on any atom is 0.224 e. The van der Waals surface area contributed by atoms with E-state index in [0.717, 1.165) is 16.9 Å². The van der Waals surface area contributed by atoms with Gasteiger partial charge in [0.25, 0.3) is 0 Å². The van der Waals surface area contributed by atoms with Crippen molar-refractivity contribution in [2.75, 3.05) is 6.54 Å². The summed E-state index contributed by atoms with van der Waals surface area (Å²) in [5.41, 5.74) is 7.85. The molecule has 23 heavy (non-hydrogen) atoms. The molecule has 1 aromatic carbocycles. The zero-order valence-corrected chi connectivity index (χ0v) is 14.7. The molecule has 5 nitrogen and oxygen atoms in total. The van der Waals surface area contributed by atoms with Gasteiger partial charge in [0, 0.05) is 28.9 Å². The Bertz CT molecular complexity index is 708. The summed E-state index contributed by atoms with van der Waals surface area (Å²) >= 11 is 6.05. The van der Waals surface area contributed by atoms with Crippen molar-refractivity contribution in [3.05, 3.63) is 46.7 Å². The van der Waals surface area contributed by atoms with E-state index >= 15 is 0 Å². The van der Waals surface area contributed by atoms with Crippen molar-refractivity contribution in [2.24, 2.45) is 11.1 Å². The van der Waals surface area contributed by atoms with Crippen molar-refractivity contribution in [1.82, 2.24) is 15.1 Å². The largest absolute Gasteiger partial charge is 0.369 e. The Morgan fingerprint density at radius 1 is 1.48 bits per heavy atom. The predicted molar refractivity (Wildman–Crippen MR) is 92.7 cm³/mol. The highest BCUT2D eigenvalue weighted by molar-refractivity contribution is 6.30. The summed E-state index contributed by atoms with van der Waals surface area (Å²) in [6.45, 7) is 8.23. The van der Waals surface area contributed by atoms with Crippen molar-refractivity contribution in [3.63, 3.8) is 0 Å². The second-order valence-electron chi connectivity index (χ2n) is 6.43. The molecule has 0 aliphatic rings. The first kappa shape index (κ1) is 17.5. The molecule has 0 saturated heterocycles. The first-order valence-corrected chi connectivity index (χ1v) is 7.94. The van der Waals surface area contributed by atoms with Gasteiger partial charge in [0.05, 0.1) is 17.3 Å². The van der Waals surface area contributed by atoms with E-state index in [2.05, 4.69) is 10.4 Å². The van der Waals surface area contributed by atoms with Crippen molar-refractivity contribution < 1.29 is 4.79 Å². The average molecular weight is 335 g/mol. The van der Waals surface area contributed by atoms with Crippen LogP contribution in [0.3, 0.4) is 0 Å². The summed E-state index contributed by atoms with van der Waals surface area (Å²) in [4.78, 5) is 11.4. The van der Waals surface area contributed by atoms with Gasteiger partial charge < -0.3 is 11.1 Å². The number of nitrogens with zero attached hydrogens (tertiary/aromatic N) is 2. The fourth-order valence-electron chi connectivity index (χ4n) is 2.32. The average Bonchev–Trinajstić information content (AvgIpc) is 2.86. The predicted octanol–water partition coefficient (Wildman–Crippen LogP) is 3.00. The molecular formula is C17H23ClN4O. The van der Waals surface area contributed by atoms with E-state index in [1.54, 1.807) is 0 Å². The van der Waals surface area contributed by atoms with Crippen LogP contribution in [0.2, 0.25) is 5.02 Å². The zero-order chi connectivity index (χ0) is 17.2. The number of rotatable bonds is 6. The second-order valence-corrected chi connectivity index (χ2v) is 6.86. The standard InChI is InChI=1S/C17H23ClN4O/c1-11(20-10-17(3,4)16(19)23)15-9-21-22(12(15)2)14-7-5-6-13(18)8-14/h5-9,11,20H,10H2,1-4H3,(H2,19,23). The number of primary amides is 1. The van der Waals surface area contributed by atoms with Crippen LogP contribution in [0.4, 0.5) is 0 Å². The lowest BCUT2D eigenvalue weighted by Gasteiger charge is -2.24. The summed E-state index contributed by atoms with van der Waals surface area (Å²) < 4.78 is 1.86. The Morgan fingerprint density at radius 2 is 2.17 bits per heavy atom. The van der Waals surface area contributed by atoms with Gasteiger partial charge in [-0.3, -0.25) is 4.79 Å². The summed E-state index contributed by atoms with van der Waals surface area (Å²) in [6.07, 6.45) is 1.84. The van der Waals surface area contributed by atoms with Crippen LogP contribution < -0.4 is 11.1 Å². The molecule has 0 spiro atoms. The number of hydrogen-bond donors (Lipinski definition) is 2. The lowest BCUT2D eigenvalue weighted by molar-refractivity contribution is -0.125. The number of aromatic nitrogens is 2. The van der Waals surface area contributed by atoms with E-state index in [1.807, 2.05) is 62.8 Å². The number of carbonyl (C=O) groups is 1. The fourth-order valence-corrected chi connectivity index (χ4v) is 2.51. The lowest BCUT2D eigenvalue weighted by atomic mass is 9.92. The Kier molecular flexibility index (Phi) is 5.12. The summed E-state index contributed by atoms with van der Waals surface area (Å²) in [5, 5.41) is 8.49. The van der Waals surface area contributed by atoms with Crippen molar-refractivity contribution in [3.8, 4) is 5.69 Å². The number of carbonyl (C=O) groups excluding carboxylic acids is 1. The monoisotopic (exact) mass is 334 g/mol. The van der Waals surface area contributed by atoms with E-state index < -0.39 is 5.41 Å². The van der Waals surface area contributed by atoms with Crippen LogP contribution in [0, 0.1) is 12.3 Å². The van der Waals surface area contributed by atoms with Gasteiger partial charge in [-0.05, 0) is 45.9 Å². The second kappa shape index (κ2) is 6.72. The maximum absolute atomic E-state index is 11.4. The highest BCUT2D eigenvalue weighted by Crippen LogP contribution is 2.23. The molecule has 1 heterocycles. The van der Waals surface area contributed by atoms with E-state index in [-0.39, 0.29) is 11.9 Å². The van der Waals surface area contributed by atoms with Crippen LogP contribution in [-0.2, 0) is 4.79 Å². The molecule has 3 N–H and O–H groups in total. The molecule has 1 unspecified atom stereocenters. The number of halogens is 1. The fraction of sp³-hybridized carbons (Fsp3) is 0.412. The van der Waals surface area contributed by atoms with Crippen LogP contribution in [-0.4, -0.2) is 22.2 Å². The lowest BCUT2D eigenvalue weighted by Crippen LogP contribution is -2.41. The highest BCUT2D eigenvalue weighted by Gasteiger charge is 2.26. The van der Waals surface area contributed by atoms with Crippen molar-refractivity contribution in [1.29, 1.82) is 0 Å². The molecule has 0 aliphatic heterocycles.